The second kappa shape index (κ2) is 8.15. The van der Waals surface area contributed by atoms with Crippen LogP contribution in [0.3, 0.4) is 0 Å². The quantitative estimate of drug-likeness (QED) is 0.677. The van der Waals surface area contributed by atoms with Crippen LogP contribution in [0, 0.1) is 11.6 Å². The fourth-order valence-corrected chi connectivity index (χ4v) is 3.89. The predicted molar refractivity (Wildman–Crippen MR) is 98.2 cm³/mol. The molecule has 158 valence electrons. The molecule has 1 N–H and O–H groups in total. The molecule has 0 bridgehead atoms. The monoisotopic (exact) mass is 456 g/mol. The van der Waals surface area contributed by atoms with Gasteiger partial charge >= 0.3 is 6.18 Å². The minimum Gasteiger partial charge on any atom is -0.324 e. The van der Waals surface area contributed by atoms with Gasteiger partial charge in [-0.05, 0) is 37.3 Å². The average molecular weight is 457 g/mol. The molecule has 0 aliphatic carbocycles. The van der Waals surface area contributed by atoms with Gasteiger partial charge < -0.3 is 5.32 Å². The van der Waals surface area contributed by atoms with Crippen molar-refractivity contribution >= 4 is 38.9 Å². The van der Waals surface area contributed by atoms with Crippen LogP contribution in [0.5, 0.6) is 0 Å². The highest BCUT2D eigenvalue weighted by Crippen LogP contribution is 2.36. The maximum atomic E-state index is 13.5. The summed E-state index contributed by atoms with van der Waals surface area (Å²) in [5.74, 6) is -3.56. The third kappa shape index (κ3) is 5.36. The Morgan fingerprint density at radius 3 is 2.24 bits per heavy atom. The lowest BCUT2D eigenvalue weighted by molar-refractivity contribution is -0.137. The predicted octanol–water partition coefficient (Wildman–Crippen LogP) is 4.43. The van der Waals surface area contributed by atoms with Gasteiger partial charge in [-0.2, -0.15) is 13.2 Å². The number of hydrogen-bond acceptors (Lipinski definition) is 3. The van der Waals surface area contributed by atoms with E-state index in [4.69, 9.17) is 11.6 Å². The van der Waals surface area contributed by atoms with Gasteiger partial charge in [0.1, 0.15) is 6.04 Å². The van der Waals surface area contributed by atoms with Crippen molar-refractivity contribution in [2.24, 2.45) is 0 Å². The molecule has 12 heteroatoms. The second-order valence-corrected chi connectivity index (χ2v) is 8.28. The average Bonchev–Trinajstić information content (AvgIpc) is 2.57. The summed E-state index contributed by atoms with van der Waals surface area (Å²) in [4.78, 5) is 12.5. The number of carbonyl (C=O) groups excluding carboxylic acids is 1. The molecular weight excluding hydrogens is 443 g/mol. The van der Waals surface area contributed by atoms with Crippen molar-refractivity contribution in [3.05, 3.63) is 58.6 Å². The molecule has 2 aromatic rings. The standard InChI is InChI=1S/C17H14ClF5N2O3S/c1-9(25(29(2,27)28)11-4-6-14(19)15(20)8-11)16(26)24-10-3-5-13(18)12(7-10)17(21,22)23/h3-9H,1-2H3,(H,24,26)/t9-/m0/s1. The summed E-state index contributed by atoms with van der Waals surface area (Å²) >= 11 is 5.51. The Hall–Kier alpha value is -2.40. The smallest absolute Gasteiger partial charge is 0.324 e. The number of nitrogens with zero attached hydrogens (tertiary/aromatic N) is 1. The largest absolute Gasteiger partial charge is 0.417 e. The molecule has 2 rings (SSSR count). The zero-order valence-electron chi connectivity index (χ0n) is 14.9. The number of benzene rings is 2. The molecule has 0 aromatic heterocycles. The van der Waals surface area contributed by atoms with E-state index in [2.05, 4.69) is 5.32 Å². The number of anilines is 2. The van der Waals surface area contributed by atoms with Gasteiger partial charge in [0.15, 0.2) is 11.6 Å². The highest BCUT2D eigenvalue weighted by atomic mass is 35.5. The number of nitrogens with one attached hydrogen (secondary N) is 1. The Bertz CT molecular complexity index is 1040. The Morgan fingerprint density at radius 1 is 1.10 bits per heavy atom. The van der Waals surface area contributed by atoms with E-state index < -0.39 is 50.4 Å². The van der Waals surface area contributed by atoms with E-state index in [9.17, 15) is 35.2 Å². The van der Waals surface area contributed by atoms with Gasteiger partial charge in [0.25, 0.3) is 0 Å². The van der Waals surface area contributed by atoms with Gasteiger partial charge in [-0.1, -0.05) is 11.6 Å². The van der Waals surface area contributed by atoms with Crippen LogP contribution in [-0.2, 0) is 21.0 Å². The molecule has 0 unspecified atom stereocenters. The van der Waals surface area contributed by atoms with Crippen LogP contribution in [-0.4, -0.2) is 26.6 Å². The molecule has 0 aliphatic rings. The molecule has 0 spiro atoms. The van der Waals surface area contributed by atoms with Gasteiger partial charge in [-0.15, -0.1) is 0 Å². The zero-order chi connectivity index (χ0) is 22.1. The summed E-state index contributed by atoms with van der Waals surface area (Å²) in [5, 5.41) is 1.58. The Morgan fingerprint density at radius 2 is 1.72 bits per heavy atom. The first kappa shape index (κ1) is 22.9. The van der Waals surface area contributed by atoms with E-state index in [1.54, 1.807) is 0 Å². The number of rotatable bonds is 5. The highest BCUT2D eigenvalue weighted by Gasteiger charge is 2.34. The van der Waals surface area contributed by atoms with Crippen LogP contribution in [0.4, 0.5) is 33.3 Å². The van der Waals surface area contributed by atoms with Crippen molar-refractivity contribution in [3.8, 4) is 0 Å². The van der Waals surface area contributed by atoms with Gasteiger partial charge in [0, 0.05) is 11.8 Å². The summed E-state index contributed by atoms with van der Waals surface area (Å²) in [5.41, 5.74) is -1.80. The highest BCUT2D eigenvalue weighted by molar-refractivity contribution is 7.92. The van der Waals surface area contributed by atoms with E-state index in [-0.39, 0.29) is 11.4 Å². The lowest BCUT2D eigenvalue weighted by Gasteiger charge is -2.28. The number of carbonyl (C=O) groups is 1. The van der Waals surface area contributed by atoms with E-state index in [1.807, 2.05) is 0 Å². The van der Waals surface area contributed by atoms with E-state index in [0.29, 0.717) is 22.5 Å². The van der Waals surface area contributed by atoms with Crippen molar-refractivity contribution in [1.82, 2.24) is 0 Å². The topological polar surface area (TPSA) is 66.5 Å². The third-order valence-corrected chi connectivity index (χ3v) is 5.36. The third-order valence-electron chi connectivity index (χ3n) is 3.79. The molecular formula is C17H14ClF5N2O3S. The summed E-state index contributed by atoms with van der Waals surface area (Å²) < 4.78 is 90.3. The second-order valence-electron chi connectivity index (χ2n) is 6.01. The maximum absolute atomic E-state index is 13.5. The van der Waals surface area contributed by atoms with Crippen molar-refractivity contribution in [3.63, 3.8) is 0 Å². The summed E-state index contributed by atoms with van der Waals surface area (Å²) in [7, 11) is -4.14. The Labute approximate surface area is 168 Å². The summed E-state index contributed by atoms with van der Waals surface area (Å²) in [6.45, 7) is 1.14. The number of hydrogen-bond donors (Lipinski definition) is 1. The van der Waals surface area contributed by atoms with Crippen LogP contribution in [0.15, 0.2) is 36.4 Å². The zero-order valence-corrected chi connectivity index (χ0v) is 16.5. The molecule has 1 amide bonds. The van der Waals surface area contributed by atoms with Crippen LogP contribution in [0.2, 0.25) is 5.02 Å². The SMILES string of the molecule is C[C@@H](C(=O)Nc1ccc(Cl)c(C(F)(F)F)c1)N(c1ccc(F)c(F)c1)S(C)(=O)=O. The lowest BCUT2D eigenvalue weighted by atomic mass is 10.2. The van der Waals surface area contributed by atoms with Gasteiger partial charge in [-0.3, -0.25) is 9.10 Å². The van der Waals surface area contributed by atoms with Crippen LogP contribution in [0.1, 0.15) is 12.5 Å². The molecule has 1 atom stereocenters. The first-order valence-corrected chi connectivity index (χ1v) is 10.1. The van der Waals surface area contributed by atoms with E-state index in [1.165, 1.54) is 0 Å². The number of amides is 1. The van der Waals surface area contributed by atoms with Gasteiger partial charge in [-0.25, -0.2) is 17.2 Å². The number of sulfonamides is 1. The number of alkyl halides is 3. The molecule has 2 aromatic carbocycles. The van der Waals surface area contributed by atoms with Gasteiger partial charge in [0.2, 0.25) is 15.9 Å². The van der Waals surface area contributed by atoms with Crippen molar-refractivity contribution in [1.29, 1.82) is 0 Å². The maximum Gasteiger partial charge on any atom is 0.417 e. The molecule has 0 saturated carbocycles. The summed E-state index contributed by atoms with van der Waals surface area (Å²) in [6.07, 6.45) is -4.03. The molecule has 5 nitrogen and oxygen atoms in total. The minimum atomic E-state index is -4.77. The lowest BCUT2D eigenvalue weighted by Crippen LogP contribution is -2.45. The van der Waals surface area contributed by atoms with E-state index in [0.717, 1.165) is 31.4 Å². The van der Waals surface area contributed by atoms with Crippen molar-refractivity contribution < 1.29 is 35.2 Å². The molecule has 0 radical (unpaired) electrons. The molecule has 0 aliphatic heterocycles. The van der Waals surface area contributed by atoms with Crippen LogP contribution in [0.25, 0.3) is 0 Å². The van der Waals surface area contributed by atoms with E-state index >= 15 is 0 Å². The molecule has 0 fully saturated rings. The van der Waals surface area contributed by atoms with Gasteiger partial charge in [0.05, 0.1) is 22.5 Å². The van der Waals surface area contributed by atoms with Crippen LogP contribution >= 0.6 is 11.6 Å². The first-order valence-electron chi connectivity index (χ1n) is 7.84. The fraction of sp³-hybridized carbons (Fsp3) is 0.235. The molecule has 0 saturated heterocycles. The minimum absolute atomic E-state index is 0.280. The Balaban J connectivity index is 2.36. The van der Waals surface area contributed by atoms with Crippen molar-refractivity contribution in [2.75, 3.05) is 15.9 Å². The van der Waals surface area contributed by atoms with Crippen molar-refractivity contribution in [2.45, 2.75) is 19.1 Å². The summed E-state index contributed by atoms with van der Waals surface area (Å²) in [6, 6.07) is 3.34. The first-order chi connectivity index (χ1) is 13.2. The molecule has 0 heterocycles. The number of halogens is 6. The fourth-order valence-electron chi connectivity index (χ4n) is 2.50. The normalized spacial score (nSPS) is 13.1. The Kier molecular flexibility index (Phi) is 6.43. The van der Waals surface area contributed by atoms with Crippen LogP contribution < -0.4 is 9.62 Å². The molecule has 29 heavy (non-hydrogen) atoms.